The highest BCUT2D eigenvalue weighted by molar-refractivity contribution is 9.10. The van der Waals surface area contributed by atoms with Crippen molar-refractivity contribution in [1.29, 1.82) is 0 Å². The number of halogens is 1. The molecule has 0 spiro atoms. The van der Waals surface area contributed by atoms with Gasteiger partial charge in [-0.25, -0.2) is 5.43 Å². The van der Waals surface area contributed by atoms with Crippen LogP contribution in [-0.4, -0.2) is 21.9 Å². The average Bonchev–Trinajstić information content (AvgIpc) is 2.78. The lowest BCUT2D eigenvalue weighted by molar-refractivity contribution is 0.0946. The van der Waals surface area contributed by atoms with Gasteiger partial charge in [0.05, 0.1) is 6.21 Å². The third kappa shape index (κ3) is 3.04. The van der Waals surface area contributed by atoms with Crippen molar-refractivity contribution < 1.29 is 4.79 Å². The van der Waals surface area contributed by atoms with Crippen LogP contribution in [0.3, 0.4) is 0 Å². The van der Waals surface area contributed by atoms with Gasteiger partial charge in [-0.05, 0) is 23.8 Å². The van der Waals surface area contributed by atoms with Crippen LogP contribution in [0, 0.1) is 0 Å². The lowest BCUT2D eigenvalue weighted by Crippen LogP contribution is -2.20. The molecule has 18 heavy (non-hydrogen) atoms. The SMILES string of the molecule is Cn1nccc1C(=O)NN=Cc1ccc(Br)cc1. The lowest BCUT2D eigenvalue weighted by atomic mass is 10.2. The molecule has 0 atom stereocenters. The Morgan fingerprint density at radius 3 is 2.72 bits per heavy atom. The number of amides is 1. The van der Waals surface area contributed by atoms with E-state index in [0.717, 1.165) is 10.0 Å². The van der Waals surface area contributed by atoms with Gasteiger partial charge in [0.25, 0.3) is 5.91 Å². The molecule has 0 aliphatic carbocycles. The molecule has 0 unspecified atom stereocenters. The van der Waals surface area contributed by atoms with Crippen LogP contribution in [0.5, 0.6) is 0 Å². The van der Waals surface area contributed by atoms with Crippen LogP contribution in [0.2, 0.25) is 0 Å². The number of aromatic nitrogens is 2. The first-order valence-electron chi connectivity index (χ1n) is 5.24. The predicted molar refractivity (Wildman–Crippen MR) is 72.4 cm³/mol. The van der Waals surface area contributed by atoms with Gasteiger partial charge in [-0.3, -0.25) is 9.48 Å². The van der Waals surface area contributed by atoms with E-state index in [0.29, 0.717) is 5.69 Å². The van der Waals surface area contributed by atoms with E-state index >= 15 is 0 Å². The zero-order chi connectivity index (χ0) is 13.0. The van der Waals surface area contributed by atoms with Crippen molar-refractivity contribution in [2.75, 3.05) is 0 Å². The molecule has 0 aliphatic rings. The van der Waals surface area contributed by atoms with E-state index in [1.807, 2.05) is 24.3 Å². The Bertz CT molecular complexity index is 574. The molecule has 1 N–H and O–H groups in total. The minimum absolute atomic E-state index is 0.289. The van der Waals surface area contributed by atoms with Crippen LogP contribution >= 0.6 is 15.9 Å². The molecule has 2 rings (SSSR count). The Kier molecular flexibility index (Phi) is 3.88. The Balaban J connectivity index is 1.98. The highest BCUT2D eigenvalue weighted by Crippen LogP contribution is 2.08. The van der Waals surface area contributed by atoms with Gasteiger partial charge in [0.15, 0.2) is 0 Å². The minimum atomic E-state index is -0.289. The summed E-state index contributed by atoms with van der Waals surface area (Å²) in [5.41, 5.74) is 3.81. The van der Waals surface area contributed by atoms with Gasteiger partial charge in [0.1, 0.15) is 5.69 Å². The van der Waals surface area contributed by atoms with Crippen LogP contribution in [0.25, 0.3) is 0 Å². The smallest absolute Gasteiger partial charge is 0.266 e. The normalized spacial score (nSPS) is 10.8. The topological polar surface area (TPSA) is 59.3 Å². The quantitative estimate of drug-likeness (QED) is 0.696. The molecule has 2 aromatic rings. The molecule has 0 bridgehead atoms. The van der Waals surface area contributed by atoms with E-state index in [4.69, 9.17) is 0 Å². The fourth-order valence-corrected chi connectivity index (χ4v) is 1.63. The number of nitrogens with one attached hydrogen (secondary N) is 1. The lowest BCUT2D eigenvalue weighted by Gasteiger charge is -1.99. The summed E-state index contributed by atoms with van der Waals surface area (Å²) in [6.07, 6.45) is 3.15. The summed E-state index contributed by atoms with van der Waals surface area (Å²) >= 11 is 3.35. The number of hydrogen-bond acceptors (Lipinski definition) is 3. The number of nitrogens with zero attached hydrogens (tertiary/aromatic N) is 3. The van der Waals surface area contributed by atoms with Crippen LogP contribution in [0.4, 0.5) is 0 Å². The second kappa shape index (κ2) is 5.59. The van der Waals surface area contributed by atoms with Gasteiger partial charge in [0, 0.05) is 17.7 Å². The number of aryl methyl sites for hydroxylation is 1. The van der Waals surface area contributed by atoms with Gasteiger partial charge >= 0.3 is 0 Å². The monoisotopic (exact) mass is 306 g/mol. The van der Waals surface area contributed by atoms with E-state index in [1.54, 1.807) is 25.5 Å². The molecular weight excluding hydrogens is 296 g/mol. The zero-order valence-corrected chi connectivity index (χ0v) is 11.3. The fraction of sp³-hybridized carbons (Fsp3) is 0.0833. The molecule has 1 heterocycles. The Morgan fingerprint density at radius 1 is 1.39 bits per heavy atom. The van der Waals surface area contributed by atoms with Crippen molar-refractivity contribution in [2.24, 2.45) is 12.1 Å². The molecule has 0 aliphatic heterocycles. The van der Waals surface area contributed by atoms with Gasteiger partial charge in [-0.1, -0.05) is 28.1 Å². The number of rotatable bonds is 3. The van der Waals surface area contributed by atoms with Gasteiger partial charge in [-0.2, -0.15) is 10.2 Å². The van der Waals surface area contributed by atoms with Crippen molar-refractivity contribution in [2.45, 2.75) is 0 Å². The van der Waals surface area contributed by atoms with E-state index in [-0.39, 0.29) is 5.91 Å². The van der Waals surface area contributed by atoms with Crippen molar-refractivity contribution in [3.63, 3.8) is 0 Å². The molecule has 0 radical (unpaired) electrons. The van der Waals surface area contributed by atoms with E-state index in [2.05, 4.69) is 31.6 Å². The summed E-state index contributed by atoms with van der Waals surface area (Å²) < 4.78 is 2.49. The number of benzene rings is 1. The zero-order valence-electron chi connectivity index (χ0n) is 9.67. The Morgan fingerprint density at radius 2 is 2.11 bits per heavy atom. The average molecular weight is 307 g/mol. The standard InChI is InChI=1S/C12H11BrN4O/c1-17-11(6-7-15-17)12(18)16-14-8-9-2-4-10(13)5-3-9/h2-8H,1H3,(H,16,18). The summed E-state index contributed by atoms with van der Waals surface area (Å²) in [4.78, 5) is 11.7. The fourth-order valence-electron chi connectivity index (χ4n) is 1.37. The molecule has 5 nitrogen and oxygen atoms in total. The summed E-state index contributed by atoms with van der Waals surface area (Å²) in [6, 6.07) is 9.23. The van der Waals surface area contributed by atoms with Crippen molar-refractivity contribution >= 4 is 28.1 Å². The number of hydrazone groups is 1. The molecule has 1 aromatic carbocycles. The van der Waals surface area contributed by atoms with Crippen molar-refractivity contribution in [1.82, 2.24) is 15.2 Å². The molecule has 0 saturated carbocycles. The third-order valence-corrected chi connectivity index (χ3v) is 2.83. The minimum Gasteiger partial charge on any atom is -0.266 e. The second-order valence-corrected chi connectivity index (χ2v) is 4.51. The molecule has 92 valence electrons. The van der Waals surface area contributed by atoms with Crippen LogP contribution in [-0.2, 0) is 7.05 Å². The number of carbonyl (C=O) groups is 1. The summed E-state index contributed by atoms with van der Waals surface area (Å²) in [6.45, 7) is 0. The second-order valence-electron chi connectivity index (χ2n) is 3.59. The van der Waals surface area contributed by atoms with Gasteiger partial charge in [0.2, 0.25) is 0 Å². The maximum absolute atomic E-state index is 11.7. The largest absolute Gasteiger partial charge is 0.289 e. The number of hydrogen-bond donors (Lipinski definition) is 1. The van der Waals surface area contributed by atoms with E-state index in [9.17, 15) is 4.79 Å². The molecule has 6 heteroatoms. The first-order chi connectivity index (χ1) is 8.66. The molecule has 1 aromatic heterocycles. The van der Waals surface area contributed by atoms with E-state index < -0.39 is 0 Å². The summed E-state index contributed by atoms with van der Waals surface area (Å²) in [5.74, 6) is -0.289. The Hall–Kier alpha value is -1.95. The molecular formula is C12H11BrN4O. The van der Waals surface area contributed by atoms with Crippen LogP contribution < -0.4 is 5.43 Å². The molecule has 0 saturated heterocycles. The Labute approximate surface area is 113 Å². The molecule has 1 amide bonds. The highest BCUT2D eigenvalue weighted by atomic mass is 79.9. The van der Waals surface area contributed by atoms with E-state index in [1.165, 1.54) is 4.68 Å². The van der Waals surface area contributed by atoms with Crippen LogP contribution in [0.15, 0.2) is 46.1 Å². The predicted octanol–water partition coefficient (Wildman–Crippen LogP) is 1.95. The van der Waals surface area contributed by atoms with Gasteiger partial charge in [-0.15, -0.1) is 0 Å². The first kappa shape index (κ1) is 12.5. The molecule has 0 fully saturated rings. The first-order valence-corrected chi connectivity index (χ1v) is 6.03. The number of carbonyl (C=O) groups excluding carboxylic acids is 1. The third-order valence-electron chi connectivity index (χ3n) is 2.30. The summed E-state index contributed by atoms with van der Waals surface area (Å²) in [7, 11) is 1.70. The van der Waals surface area contributed by atoms with Crippen LogP contribution in [0.1, 0.15) is 16.1 Å². The van der Waals surface area contributed by atoms with Gasteiger partial charge < -0.3 is 0 Å². The van der Waals surface area contributed by atoms with Crippen molar-refractivity contribution in [3.05, 3.63) is 52.3 Å². The maximum atomic E-state index is 11.7. The maximum Gasteiger partial charge on any atom is 0.289 e. The summed E-state index contributed by atoms with van der Waals surface area (Å²) in [5, 5.41) is 7.80. The highest BCUT2D eigenvalue weighted by Gasteiger charge is 2.07. The van der Waals surface area contributed by atoms with Crippen molar-refractivity contribution in [3.8, 4) is 0 Å².